The van der Waals surface area contributed by atoms with Crippen LogP contribution in [0, 0.1) is 11.8 Å². The van der Waals surface area contributed by atoms with Crippen LogP contribution < -0.4 is 0 Å². The van der Waals surface area contributed by atoms with Gasteiger partial charge in [-0.25, -0.2) is 4.79 Å². The van der Waals surface area contributed by atoms with Crippen molar-refractivity contribution in [3.8, 4) is 0 Å². The maximum atomic E-state index is 11.9. The van der Waals surface area contributed by atoms with Crippen LogP contribution in [0.3, 0.4) is 0 Å². The van der Waals surface area contributed by atoms with E-state index in [9.17, 15) is 9.90 Å². The van der Waals surface area contributed by atoms with Crippen LogP contribution in [0.25, 0.3) is 0 Å². The van der Waals surface area contributed by atoms with Gasteiger partial charge in [0, 0.05) is 0 Å². The number of nitrogens with zero attached hydrogens (tertiary/aromatic N) is 1. The molecule has 0 unspecified atom stereocenters. The minimum absolute atomic E-state index is 0.304. The minimum atomic E-state index is -0.670. The van der Waals surface area contributed by atoms with Gasteiger partial charge >= 0.3 is 6.09 Å². The maximum Gasteiger partial charge on any atom is 0.410 e. The first-order chi connectivity index (χ1) is 8.70. The highest BCUT2D eigenvalue weighted by molar-refractivity contribution is 5.69. The molecule has 1 heterocycles. The summed E-state index contributed by atoms with van der Waals surface area (Å²) in [7, 11) is 0. The van der Waals surface area contributed by atoms with Crippen LogP contribution in [0.2, 0.25) is 0 Å². The molecule has 1 aliphatic carbocycles. The number of hydrogen-bond acceptors (Lipinski definition) is 3. The van der Waals surface area contributed by atoms with E-state index in [4.69, 9.17) is 4.74 Å². The van der Waals surface area contributed by atoms with Gasteiger partial charge in [0.05, 0.1) is 13.1 Å². The Bertz CT molecular complexity index is 334. The number of rotatable bonds is 1. The Balaban J connectivity index is 1.82. The van der Waals surface area contributed by atoms with Crippen molar-refractivity contribution in [2.45, 2.75) is 64.6 Å². The topological polar surface area (TPSA) is 49.8 Å². The average Bonchev–Trinajstić information content (AvgIpc) is 2.23. The minimum Gasteiger partial charge on any atom is -0.444 e. The van der Waals surface area contributed by atoms with Crippen molar-refractivity contribution in [3.63, 3.8) is 0 Å². The van der Waals surface area contributed by atoms with Crippen molar-refractivity contribution in [2.75, 3.05) is 13.1 Å². The lowest BCUT2D eigenvalue weighted by Gasteiger charge is -2.51. The normalized spacial score (nSPS) is 30.7. The molecule has 2 rings (SSSR count). The Morgan fingerprint density at radius 3 is 2.21 bits per heavy atom. The monoisotopic (exact) mass is 269 g/mol. The third kappa shape index (κ3) is 3.41. The van der Waals surface area contributed by atoms with Crippen molar-refractivity contribution < 1.29 is 14.6 Å². The summed E-state index contributed by atoms with van der Waals surface area (Å²) in [6.07, 6.45) is 4.25. The first kappa shape index (κ1) is 14.6. The molecular weight excluding hydrogens is 242 g/mol. The number of carbonyl (C=O) groups is 1. The van der Waals surface area contributed by atoms with Crippen LogP contribution in [0.15, 0.2) is 0 Å². The van der Waals surface area contributed by atoms with E-state index < -0.39 is 11.2 Å². The van der Waals surface area contributed by atoms with E-state index in [-0.39, 0.29) is 6.09 Å². The molecule has 0 aromatic carbocycles. The van der Waals surface area contributed by atoms with Gasteiger partial charge < -0.3 is 14.7 Å². The fourth-order valence-corrected chi connectivity index (χ4v) is 3.13. The van der Waals surface area contributed by atoms with Gasteiger partial charge in [0.25, 0.3) is 0 Å². The quantitative estimate of drug-likeness (QED) is 0.796. The molecule has 110 valence electrons. The summed E-state index contributed by atoms with van der Waals surface area (Å²) >= 11 is 0. The molecule has 0 atom stereocenters. The van der Waals surface area contributed by atoms with E-state index in [1.54, 1.807) is 4.90 Å². The standard InChI is InChI=1S/C15H27NO3/c1-11-5-7-12(8-6-11)15(18)9-16(10-15)13(17)19-14(2,3)4/h11-12,18H,5-10H2,1-4H3. The number of hydrogen-bond donors (Lipinski definition) is 1. The zero-order chi connectivity index (χ0) is 14.3. The number of carbonyl (C=O) groups excluding carboxylic acids is 1. The van der Waals surface area contributed by atoms with Crippen LogP contribution in [0.1, 0.15) is 53.4 Å². The van der Waals surface area contributed by atoms with E-state index in [0.29, 0.717) is 19.0 Å². The summed E-state index contributed by atoms with van der Waals surface area (Å²) in [5.74, 6) is 1.13. The van der Waals surface area contributed by atoms with Crippen LogP contribution in [0.5, 0.6) is 0 Å². The van der Waals surface area contributed by atoms with Gasteiger partial charge in [0.15, 0.2) is 0 Å². The molecule has 4 nitrogen and oxygen atoms in total. The van der Waals surface area contributed by atoms with Crippen molar-refractivity contribution in [2.24, 2.45) is 11.8 Å². The van der Waals surface area contributed by atoms with Crippen molar-refractivity contribution >= 4 is 6.09 Å². The van der Waals surface area contributed by atoms with Gasteiger partial charge in [-0.2, -0.15) is 0 Å². The third-order valence-electron chi connectivity index (χ3n) is 4.36. The van der Waals surface area contributed by atoms with Crippen LogP contribution in [0.4, 0.5) is 4.79 Å². The second-order valence-electron chi connectivity index (χ2n) is 7.40. The molecule has 1 saturated carbocycles. The van der Waals surface area contributed by atoms with E-state index in [2.05, 4.69) is 6.92 Å². The molecule has 19 heavy (non-hydrogen) atoms. The zero-order valence-electron chi connectivity index (χ0n) is 12.6. The largest absolute Gasteiger partial charge is 0.444 e. The molecular formula is C15H27NO3. The first-order valence-corrected chi connectivity index (χ1v) is 7.40. The van der Waals surface area contributed by atoms with Gasteiger partial charge in [0.2, 0.25) is 0 Å². The second kappa shape index (κ2) is 4.97. The smallest absolute Gasteiger partial charge is 0.410 e. The molecule has 0 spiro atoms. The molecule has 0 radical (unpaired) electrons. The lowest BCUT2D eigenvalue weighted by molar-refractivity contribution is -0.140. The number of amides is 1. The highest BCUT2D eigenvalue weighted by atomic mass is 16.6. The van der Waals surface area contributed by atoms with Crippen LogP contribution >= 0.6 is 0 Å². The fraction of sp³-hybridized carbons (Fsp3) is 0.933. The van der Waals surface area contributed by atoms with E-state index >= 15 is 0 Å². The fourth-order valence-electron chi connectivity index (χ4n) is 3.13. The van der Waals surface area contributed by atoms with Gasteiger partial charge in [0.1, 0.15) is 11.2 Å². The SMILES string of the molecule is CC1CCC(C2(O)CN(C(=O)OC(C)(C)C)C2)CC1. The molecule has 1 amide bonds. The number of likely N-dealkylation sites (tertiary alicyclic amines) is 1. The number of aliphatic hydroxyl groups is 1. The summed E-state index contributed by atoms with van der Waals surface area (Å²) < 4.78 is 5.32. The van der Waals surface area contributed by atoms with E-state index in [1.807, 2.05) is 20.8 Å². The third-order valence-corrected chi connectivity index (χ3v) is 4.36. The van der Waals surface area contributed by atoms with Gasteiger partial charge in [-0.3, -0.25) is 0 Å². The molecule has 1 aliphatic heterocycles. The van der Waals surface area contributed by atoms with Crippen molar-refractivity contribution in [1.82, 2.24) is 4.90 Å². The van der Waals surface area contributed by atoms with Gasteiger partial charge in [-0.05, 0) is 45.4 Å². The molecule has 1 saturated heterocycles. The molecule has 2 fully saturated rings. The molecule has 0 aromatic rings. The molecule has 2 aliphatic rings. The molecule has 1 N–H and O–H groups in total. The lowest BCUT2D eigenvalue weighted by atomic mass is 9.71. The van der Waals surface area contributed by atoms with Gasteiger partial charge in [-0.1, -0.05) is 19.8 Å². The second-order valence-corrected chi connectivity index (χ2v) is 7.40. The Morgan fingerprint density at radius 2 is 1.74 bits per heavy atom. The van der Waals surface area contributed by atoms with Crippen molar-refractivity contribution in [1.29, 1.82) is 0 Å². The Kier molecular flexibility index (Phi) is 3.83. The van der Waals surface area contributed by atoms with Crippen molar-refractivity contribution in [3.05, 3.63) is 0 Å². The van der Waals surface area contributed by atoms with E-state index in [0.717, 1.165) is 18.8 Å². The summed E-state index contributed by atoms with van der Waals surface area (Å²) in [4.78, 5) is 13.5. The maximum absolute atomic E-state index is 11.9. The number of ether oxygens (including phenoxy) is 1. The Labute approximate surface area is 116 Å². The highest BCUT2D eigenvalue weighted by Gasteiger charge is 2.50. The molecule has 0 bridgehead atoms. The Morgan fingerprint density at radius 1 is 1.21 bits per heavy atom. The molecule has 4 heteroatoms. The highest BCUT2D eigenvalue weighted by Crippen LogP contribution is 2.40. The summed E-state index contributed by atoms with van der Waals surface area (Å²) in [5.41, 5.74) is -1.14. The lowest BCUT2D eigenvalue weighted by Crippen LogP contribution is -2.67. The summed E-state index contributed by atoms with van der Waals surface area (Å²) in [6, 6.07) is 0. The number of β-amino-alcohol motifs (C(OH)–C–C–N with tert-alkyl or cyclic N) is 1. The van der Waals surface area contributed by atoms with E-state index in [1.165, 1.54) is 12.8 Å². The molecule has 0 aromatic heterocycles. The Hall–Kier alpha value is -0.770. The van der Waals surface area contributed by atoms with Crippen LogP contribution in [-0.2, 0) is 4.74 Å². The predicted molar refractivity (Wildman–Crippen MR) is 73.9 cm³/mol. The first-order valence-electron chi connectivity index (χ1n) is 7.40. The van der Waals surface area contributed by atoms with Crippen LogP contribution in [-0.4, -0.2) is 40.4 Å². The predicted octanol–water partition coefficient (Wildman–Crippen LogP) is 2.79. The summed E-state index contributed by atoms with van der Waals surface area (Å²) in [6.45, 7) is 8.72. The zero-order valence-corrected chi connectivity index (χ0v) is 12.6. The van der Waals surface area contributed by atoms with Gasteiger partial charge in [-0.15, -0.1) is 0 Å². The summed E-state index contributed by atoms with van der Waals surface area (Å²) in [5, 5.41) is 10.6. The average molecular weight is 269 g/mol.